The van der Waals surface area contributed by atoms with Crippen LogP contribution in [0.5, 0.6) is 0 Å². The Labute approximate surface area is 132 Å². The molecule has 21 heavy (non-hydrogen) atoms. The van der Waals surface area contributed by atoms with E-state index in [1.165, 1.54) is 0 Å². The van der Waals surface area contributed by atoms with Gasteiger partial charge in [0.05, 0.1) is 17.8 Å². The van der Waals surface area contributed by atoms with E-state index in [2.05, 4.69) is 28.7 Å². The van der Waals surface area contributed by atoms with Gasteiger partial charge in [0, 0.05) is 51.6 Å². The molecular formula is C15H27ClN4O. The van der Waals surface area contributed by atoms with Crippen LogP contribution in [0, 0.1) is 5.92 Å². The van der Waals surface area contributed by atoms with Gasteiger partial charge in [0.25, 0.3) is 0 Å². The smallest absolute Gasteiger partial charge is 0.0785 e. The average Bonchev–Trinajstić information content (AvgIpc) is 2.84. The standard InChI is InChI=1S/C15H27ClN4O/c1-13(2)10-19-6-4-18(12-15(19)3-8-21)5-7-20-11-14(16)9-17-20/h9,11,13,15,21H,3-8,10,12H2,1-2H3/t15-/m1/s1. The Bertz CT molecular complexity index is 424. The normalized spacial score (nSPS) is 21.3. The van der Waals surface area contributed by atoms with Crippen molar-refractivity contribution in [3.05, 3.63) is 17.4 Å². The van der Waals surface area contributed by atoms with Crippen molar-refractivity contribution in [2.75, 3.05) is 39.3 Å². The zero-order chi connectivity index (χ0) is 15.2. The summed E-state index contributed by atoms with van der Waals surface area (Å²) in [5, 5.41) is 14.2. The Morgan fingerprint density at radius 2 is 2.19 bits per heavy atom. The van der Waals surface area contributed by atoms with Gasteiger partial charge < -0.3 is 5.11 Å². The van der Waals surface area contributed by atoms with Crippen LogP contribution in [0.25, 0.3) is 0 Å². The van der Waals surface area contributed by atoms with Gasteiger partial charge in [-0.3, -0.25) is 14.5 Å². The highest BCUT2D eigenvalue weighted by atomic mass is 35.5. The summed E-state index contributed by atoms with van der Waals surface area (Å²) in [6.07, 6.45) is 4.40. The van der Waals surface area contributed by atoms with E-state index in [-0.39, 0.29) is 6.61 Å². The van der Waals surface area contributed by atoms with E-state index in [1.807, 2.05) is 10.9 Å². The van der Waals surface area contributed by atoms with Crippen molar-refractivity contribution in [3.8, 4) is 0 Å². The second kappa shape index (κ2) is 8.13. The van der Waals surface area contributed by atoms with Crippen LogP contribution >= 0.6 is 11.6 Å². The first kappa shape index (κ1) is 16.7. The van der Waals surface area contributed by atoms with E-state index in [0.29, 0.717) is 17.0 Å². The van der Waals surface area contributed by atoms with Crippen LogP contribution in [0.3, 0.4) is 0 Å². The molecule has 5 nitrogen and oxygen atoms in total. The van der Waals surface area contributed by atoms with Crippen molar-refractivity contribution in [2.45, 2.75) is 32.9 Å². The Morgan fingerprint density at radius 1 is 1.38 bits per heavy atom. The van der Waals surface area contributed by atoms with E-state index >= 15 is 0 Å². The first-order valence-electron chi connectivity index (χ1n) is 7.83. The number of halogens is 1. The summed E-state index contributed by atoms with van der Waals surface area (Å²) in [6, 6.07) is 0.465. The van der Waals surface area contributed by atoms with Crippen LogP contribution in [-0.4, -0.2) is 70.1 Å². The van der Waals surface area contributed by atoms with Gasteiger partial charge in [-0.15, -0.1) is 0 Å². The molecule has 1 aromatic heterocycles. The molecular weight excluding hydrogens is 288 g/mol. The second-order valence-corrected chi connectivity index (χ2v) is 6.71. The minimum Gasteiger partial charge on any atom is -0.396 e. The molecule has 1 aliphatic rings. The number of piperazine rings is 1. The molecule has 2 rings (SSSR count). The average molecular weight is 315 g/mol. The summed E-state index contributed by atoms with van der Waals surface area (Å²) in [6.45, 7) is 10.9. The first-order chi connectivity index (χ1) is 10.1. The van der Waals surface area contributed by atoms with Gasteiger partial charge in [-0.1, -0.05) is 25.4 Å². The zero-order valence-electron chi connectivity index (χ0n) is 13.1. The quantitative estimate of drug-likeness (QED) is 0.829. The lowest BCUT2D eigenvalue weighted by atomic mass is 10.1. The van der Waals surface area contributed by atoms with Crippen LogP contribution in [-0.2, 0) is 6.54 Å². The predicted molar refractivity (Wildman–Crippen MR) is 85.6 cm³/mol. The molecule has 1 aliphatic heterocycles. The molecule has 0 saturated carbocycles. The molecule has 0 bridgehead atoms. The molecule has 0 amide bonds. The number of aliphatic hydroxyl groups excluding tert-OH is 1. The van der Waals surface area contributed by atoms with E-state index in [1.54, 1.807) is 6.20 Å². The van der Waals surface area contributed by atoms with E-state index < -0.39 is 0 Å². The maximum absolute atomic E-state index is 9.29. The summed E-state index contributed by atoms with van der Waals surface area (Å²) in [4.78, 5) is 4.99. The summed E-state index contributed by atoms with van der Waals surface area (Å²) < 4.78 is 1.89. The van der Waals surface area contributed by atoms with Crippen LogP contribution in [0.15, 0.2) is 12.4 Å². The largest absolute Gasteiger partial charge is 0.396 e. The Morgan fingerprint density at radius 3 is 2.81 bits per heavy atom. The van der Waals surface area contributed by atoms with Crippen molar-refractivity contribution in [3.63, 3.8) is 0 Å². The fourth-order valence-electron chi connectivity index (χ4n) is 3.00. The Balaban J connectivity index is 1.83. The van der Waals surface area contributed by atoms with Crippen molar-refractivity contribution in [1.29, 1.82) is 0 Å². The Hall–Kier alpha value is -0.620. The second-order valence-electron chi connectivity index (χ2n) is 6.28. The fourth-order valence-corrected chi connectivity index (χ4v) is 3.15. The van der Waals surface area contributed by atoms with Gasteiger partial charge >= 0.3 is 0 Å². The molecule has 0 unspecified atom stereocenters. The van der Waals surface area contributed by atoms with Crippen molar-refractivity contribution < 1.29 is 5.11 Å². The van der Waals surface area contributed by atoms with Gasteiger partial charge in [0.2, 0.25) is 0 Å². The SMILES string of the molecule is CC(C)CN1CCN(CCn2cc(Cl)cn2)C[C@H]1CCO. The van der Waals surface area contributed by atoms with Gasteiger partial charge in [-0.25, -0.2) is 0 Å². The monoisotopic (exact) mass is 314 g/mol. The van der Waals surface area contributed by atoms with Crippen LogP contribution < -0.4 is 0 Å². The number of rotatable bonds is 7. The number of hydrogen-bond donors (Lipinski definition) is 1. The molecule has 1 aromatic rings. The minimum absolute atomic E-state index is 0.266. The van der Waals surface area contributed by atoms with Crippen molar-refractivity contribution in [2.24, 2.45) is 5.92 Å². The molecule has 0 spiro atoms. The van der Waals surface area contributed by atoms with Gasteiger partial charge in [-0.2, -0.15) is 5.10 Å². The summed E-state index contributed by atoms with van der Waals surface area (Å²) in [5.74, 6) is 0.670. The fraction of sp³-hybridized carbons (Fsp3) is 0.800. The first-order valence-corrected chi connectivity index (χ1v) is 8.21. The van der Waals surface area contributed by atoms with Gasteiger partial charge in [0.1, 0.15) is 0 Å². The molecule has 2 heterocycles. The Kier molecular flexibility index (Phi) is 6.48. The molecule has 1 atom stereocenters. The highest BCUT2D eigenvalue weighted by molar-refractivity contribution is 6.30. The third-order valence-corrected chi connectivity index (χ3v) is 4.19. The van der Waals surface area contributed by atoms with Gasteiger partial charge in [-0.05, 0) is 12.3 Å². The van der Waals surface area contributed by atoms with Gasteiger partial charge in [0.15, 0.2) is 0 Å². The molecule has 6 heteroatoms. The molecule has 0 aromatic carbocycles. The number of nitrogens with zero attached hydrogens (tertiary/aromatic N) is 4. The van der Waals surface area contributed by atoms with Crippen LogP contribution in [0.4, 0.5) is 0 Å². The lowest BCUT2D eigenvalue weighted by Gasteiger charge is -2.42. The molecule has 0 aliphatic carbocycles. The molecule has 120 valence electrons. The summed E-state index contributed by atoms with van der Waals surface area (Å²) in [7, 11) is 0. The number of aromatic nitrogens is 2. The summed E-state index contributed by atoms with van der Waals surface area (Å²) in [5.41, 5.74) is 0. The molecule has 1 fully saturated rings. The number of aliphatic hydroxyl groups is 1. The summed E-state index contributed by atoms with van der Waals surface area (Å²) >= 11 is 5.88. The molecule has 0 radical (unpaired) electrons. The van der Waals surface area contributed by atoms with Crippen molar-refractivity contribution >= 4 is 11.6 Å². The lowest BCUT2D eigenvalue weighted by Crippen LogP contribution is -2.54. The van der Waals surface area contributed by atoms with E-state index in [4.69, 9.17) is 11.6 Å². The predicted octanol–water partition coefficient (Wildman–Crippen LogP) is 1.56. The van der Waals surface area contributed by atoms with Crippen LogP contribution in [0.2, 0.25) is 5.02 Å². The topological polar surface area (TPSA) is 44.5 Å². The lowest BCUT2D eigenvalue weighted by molar-refractivity contribution is 0.0493. The minimum atomic E-state index is 0.266. The van der Waals surface area contributed by atoms with Crippen LogP contribution in [0.1, 0.15) is 20.3 Å². The van der Waals surface area contributed by atoms with E-state index in [9.17, 15) is 5.11 Å². The van der Waals surface area contributed by atoms with Crippen molar-refractivity contribution in [1.82, 2.24) is 19.6 Å². The number of hydrogen-bond acceptors (Lipinski definition) is 4. The third-order valence-electron chi connectivity index (χ3n) is 4.00. The highest BCUT2D eigenvalue weighted by Gasteiger charge is 2.26. The molecule has 1 saturated heterocycles. The molecule has 1 N–H and O–H groups in total. The third kappa shape index (κ3) is 5.25. The van der Waals surface area contributed by atoms with E-state index in [0.717, 1.165) is 45.7 Å². The highest BCUT2D eigenvalue weighted by Crippen LogP contribution is 2.15. The zero-order valence-corrected chi connectivity index (χ0v) is 13.8. The maximum atomic E-state index is 9.29. The maximum Gasteiger partial charge on any atom is 0.0785 e.